The number of amides is 1. The van der Waals surface area contributed by atoms with Gasteiger partial charge >= 0.3 is 0 Å². The lowest BCUT2D eigenvalue weighted by atomic mass is 9.98. The third kappa shape index (κ3) is 4.35. The second-order valence-electron chi connectivity index (χ2n) is 6.07. The van der Waals surface area contributed by atoms with Crippen molar-refractivity contribution in [1.82, 2.24) is 0 Å². The summed E-state index contributed by atoms with van der Waals surface area (Å²) < 4.78 is 25.4. The van der Waals surface area contributed by atoms with E-state index >= 15 is 0 Å². The Labute approximate surface area is 143 Å². The fourth-order valence-electron chi connectivity index (χ4n) is 2.49. The first-order valence-corrected chi connectivity index (χ1v) is 9.56. The van der Waals surface area contributed by atoms with Crippen molar-refractivity contribution in [2.45, 2.75) is 26.7 Å². The van der Waals surface area contributed by atoms with Crippen molar-refractivity contribution in [1.29, 1.82) is 0 Å². The Hall–Kier alpha value is -2.34. The number of hydrogen-bond donors (Lipinski definition) is 2. The molecule has 2 N–H and O–H groups in total. The summed E-state index contributed by atoms with van der Waals surface area (Å²) in [5.41, 5.74) is 3.31. The SMILES string of the molecule is Cc1cccc(C(C)C)c1NC(=O)c1ccccc1NS(C)(=O)=O. The van der Waals surface area contributed by atoms with E-state index in [0.29, 0.717) is 0 Å². The second kappa shape index (κ2) is 7.05. The summed E-state index contributed by atoms with van der Waals surface area (Å²) in [6, 6.07) is 12.4. The molecule has 0 saturated carbocycles. The van der Waals surface area contributed by atoms with Gasteiger partial charge in [-0.15, -0.1) is 0 Å². The maximum atomic E-state index is 12.7. The highest BCUT2D eigenvalue weighted by Crippen LogP contribution is 2.28. The van der Waals surface area contributed by atoms with Gasteiger partial charge in [-0.2, -0.15) is 0 Å². The molecule has 0 aliphatic carbocycles. The average molecular weight is 346 g/mol. The predicted molar refractivity (Wildman–Crippen MR) is 98.1 cm³/mol. The normalized spacial score (nSPS) is 11.4. The topological polar surface area (TPSA) is 75.3 Å². The number of sulfonamides is 1. The Kier molecular flexibility index (Phi) is 5.29. The van der Waals surface area contributed by atoms with Crippen molar-refractivity contribution in [3.05, 3.63) is 59.2 Å². The lowest BCUT2D eigenvalue weighted by Crippen LogP contribution is -2.18. The largest absolute Gasteiger partial charge is 0.321 e. The minimum Gasteiger partial charge on any atom is -0.321 e. The highest BCUT2D eigenvalue weighted by Gasteiger charge is 2.17. The number of rotatable bonds is 5. The molecule has 5 nitrogen and oxygen atoms in total. The van der Waals surface area contributed by atoms with Crippen LogP contribution in [0.1, 0.15) is 41.3 Å². The summed E-state index contributed by atoms with van der Waals surface area (Å²) in [4.78, 5) is 12.7. The van der Waals surface area contributed by atoms with Crippen LogP contribution in [0.2, 0.25) is 0 Å². The van der Waals surface area contributed by atoms with E-state index in [4.69, 9.17) is 0 Å². The summed E-state index contributed by atoms with van der Waals surface area (Å²) in [5.74, 6) is -0.0949. The fraction of sp³-hybridized carbons (Fsp3) is 0.278. The summed E-state index contributed by atoms with van der Waals surface area (Å²) >= 11 is 0. The van der Waals surface area contributed by atoms with E-state index in [9.17, 15) is 13.2 Å². The van der Waals surface area contributed by atoms with E-state index in [-0.39, 0.29) is 23.1 Å². The second-order valence-corrected chi connectivity index (χ2v) is 7.82. The van der Waals surface area contributed by atoms with Gasteiger partial charge in [0, 0.05) is 5.69 Å². The quantitative estimate of drug-likeness (QED) is 0.866. The van der Waals surface area contributed by atoms with Crippen LogP contribution in [0.3, 0.4) is 0 Å². The van der Waals surface area contributed by atoms with Gasteiger partial charge in [0.1, 0.15) is 0 Å². The first kappa shape index (κ1) is 18.0. The van der Waals surface area contributed by atoms with Gasteiger partial charge in [0.25, 0.3) is 5.91 Å². The van der Waals surface area contributed by atoms with E-state index in [0.717, 1.165) is 23.1 Å². The van der Waals surface area contributed by atoms with Gasteiger partial charge < -0.3 is 5.32 Å². The van der Waals surface area contributed by atoms with Crippen molar-refractivity contribution in [2.24, 2.45) is 0 Å². The fourth-order valence-corrected chi connectivity index (χ4v) is 3.07. The van der Waals surface area contributed by atoms with Crippen LogP contribution in [-0.4, -0.2) is 20.6 Å². The van der Waals surface area contributed by atoms with Gasteiger partial charge in [-0.05, 0) is 36.1 Å². The molecule has 2 aromatic rings. The Morgan fingerprint density at radius 1 is 1.04 bits per heavy atom. The zero-order chi connectivity index (χ0) is 17.9. The predicted octanol–water partition coefficient (Wildman–Crippen LogP) is 3.74. The van der Waals surface area contributed by atoms with Crippen molar-refractivity contribution in [3.63, 3.8) is 0 Å². The number of aryl methyl sites for hydroxylation is 1. The van der Waals surface area contributed by atoms with Gasteiger partial charge in [-0.3, -0.25) is 9.52 Å². The van der Waals surface area contributed by atoms with Crippen LogP contribution in [-0.2, 0) is 10.0 Å². The van der Waals surface area contributed by atoms with Gasteiger partial charge in [-0.25, -0.2) is 8.42 Å². The van der Waals surface area contributed by atoms with Crippen LogP contribution in [0.25, 0.3) is 0 Å². The molecule has 0 aliphatic rings. The molecule has 2 rings (SSSR count). The maximum Gasteiger partial charge on any atom is 0.257 e. The first-order valence-electron chi connectivity index (χ1n) is 7.66. The van der Waals surface area contributed by atoms with Crippen molar-refractivity contribution in [2.75, 3.05) is 16.3 Å². The molecule has 128 valence electrons. The molecule has 6 heteroatoms. The van der Waals surface area contributed by atoms with E-state index < -0.39 is 10.0 Å². The Balaban J connectivity index is 2.39. The molecular weight excluding hydrogens is 324 g/mol. The molecule has 0 spiro atoms. The van der Waals surface area contributed by atoms with Gasteiger partial charge in [-0.1, -0.05) is 44.2 Å². The molecular formula is C18H22N2O3S. The number of carbonyl (C=O) groups excluding carboxylic acids is 1. The minimum absolute atomic E-state index is 0.254. The Bertz CT molecular complexity index is 858. The summed E-state index contributed by atoms with van der Waals surface area (Å²) in [7, 11) is -3.47. The highest BCUT2D eigenvalue weighted by atomic mass is 32.2. The zero-order valence-electron chi connectivity index (χ0n) is 14.3. The molecule has 0 radical (unpaired) electrons. The zero-order valence-corrected chi connectivity index (χ0v) is 15.1. The monoisotopic (exact) mass is 346 g/mol. The van der Waals surface area contributed by atoms with E-state index in [1.165, 1.54) is 0 Å². The van der Waals surface area contributed by atoms with Crippen LogP contribution < -0.4 is 10.0 Å². The molecule has 1 amide bonds. The van der Waals surface area contributed by atoms with Crippen LogP contribution in [0.15, 0.2) is 42.5 Å². The van der Waals surface area contributed by atoms with E-state index in [2.05, 4.69) is 23.9 Å². The molecule has 24 heavy (non-hydrogen) atoms. The lowest BCUT2D eigenvalue weighted by molar-refractivity contribution is 0.102. The van der Waals surface area contributed by atoms with Gasteiger partial charge in [0.15, 0.2) is 0 Å². The van der Waals surface area contributed by atoms with Crippen molar-refractivity contribution in [3.8, 4) is 0 Å². The van der Waals surface area contributed by atoms with Gasteiger partial charge in [0.05, 0.1) is 17.5 Å². The molecule has 0 atom stereocenters. The van der Waals surface area contributed by atoms with Crippen LogP contribution >= 0.6 is 0 Å². The Morgan fingerprint density at radius 3 is 2.33 bits per heavy atom. The highest BCUT2D eigenvalue weighted by molar-refractivity contribution is 7.92. The van der Waals surface area contributed by atoms with Gasteiger partial charge in [0.2, 0.25) is 10.0 Å². The number of carbonyl (C=O) groups is 1. The molecule has 0 heterocycles. The van der Waals surface area contributed by atoms with Crippen LogP contribution in [0, 0.1) is 6.92 Å². The smallest absolute Gasteiger partial charge is 0.257 e. The molecule has 0 aliphatic heterocycles. The average Bonchev–Trinajstić information content (AvgIpc) is 2.47. The third-order valence-corrected chi connectivity index (χ3v) is 4.22. The number of para-hydroxylation sites is 2. The summed E-state index contributed by atoms with van der Waals surface area (Å²) in [6.45, 7) is 6.05. The molecule has 0 aromatic heterocycles. The minimum atomic E-state index is -3.47. The molecule has 0 unspecified atom stereocenters. The number of hydrogen-bond acceptors (Lipinski definition) is 3. The lowest BCUT2D eigenvalue weighted by Gasteiger charge is -2.17. The molecule has 0 bridgehead atoms. The number of nitrogens with one attached hydrogen (secondary N) is 2. The third-order valence-electron chi connectivity index (χ3n) is 3.63. The van der Waals surface area contributed by atoms with Crippen molar-refractivity contribution < 1.29 is 13.2 Å². The maximum absolute atomic E-state index is 12.7. The molecule has 0 fully saturated rings. The van der Waals surface area contributed by atoms with E-state index in [1.807, 2.05) is 25.1 Å². The van der Waals surface area contributed by atoms with Crippen LogP contribution in [0.5, 0.6) is 0 Å². The summed E-state index contributed by atoms with van der Waals surface area (Å²) in [6.07, 6.45) is 1.06. The molecule has 0 saturated heterocycles. The van der Waals surface area contributed by atoms with Crippen LogP contribution in [0.4, 0.5) is 11.4 Å². The first-order chi connectivity index (χ1) is 11.2. The Morgan fingerprint density at radius 2 is 1.71 bits per heavy atom. The number of benzene rings is 2. The van der Waals surface area contributed by atoms with Crippen molar-refractivity contribution >= 4 is 27.3 Å². The number of anilines is 2. The summed E-state index contributed by atoms with van der Waals surface area (Å²) in [5, 5.41) is 2.93. The van der Waals surface area contributed by atoms with E-state index in [1.54, 1.807) is 24.3 Å². The molecule has 2 aromatic carbocycles. The standard InChI is InChI=1S/C18H22N2O3S/c1-12(2)14-10-7-8-13(3)17(14)19-18(21)15-9-5-6-11-16(15)20-24(4,22)23/h5-12,20H,1-4H3,(H,19,21).